The molecule has 0 radical (unpaired) electrons. The Balaban J connectivity index is 1.77. The summed E-state index contributed by atoms with van der Waals surface area (Å²) in [5.41, 5.74) is 7.46. The summed E-state index contributed by atoms with van der Waals surface area (Å²) in [5.74, 6) is -1.12. The number of carbonyl (C=O) groups is 3. The van der Waals surface area contributed by atoms with Gasteiger partial charge in [0.05, 0.1) is 5.69 Å². The number of barbiturate groups is 1. The lowest BCUT2D eigenvalue weighted by atomic mass is 10.0. The Morgan fingerprint density at radius 3 is 2.16 bits per heavy atom. The molecule has 0 bridgehead atoms. The van der Waals surface area contributed by atoms with Crippen molar-refractivity contribution in [3.63, 3.8) is 0 Å². The zero-order valence-corrected chi connectivity index (χ0v) is 18.8. The van der Waals surface area contributed by atoms with Crippen molar-refractivity contribution in [2.75, 3.05) is 0 Å². The molecule has 1 aliphatic carbocycles. The molecule has 1 saturated heterocycles. The molecule has 1 aliphatic heterocycles. The molecular weight excluding hydrogens is 390 g/mol. The first-order valence-electron chi connectivity index (χ1n) is 10.9. The Hall–Kier alpha value is -3.15. The summed E-state index contributed by atoms with van der Waals surface area (Å²) in [6.45, 7) is 10.3. The third-order valence-electron chi connectivity index (χ3n) is 6.45. The van der Waals surface area contributed by atoms with Gasteiger partial charge >= 0.3 is 6.03 Å². The highest BCUT2D eigenvalue weighted by atomic mass is 16.2. The average Bonchev–Trinajstić information content (AvgIpc) is 3.28. The summed E-state index contributed by atoms with van der Waals surface area (Å²) >= 11 is 0. The van der Waals surface area contributed by atoms with Gasteiger partial charge in [0.25, 0.3) is 11.8 Å². The normalized spacial score (nSPS) is 18.9. The van der Waals surface area contributed by atoms with Crippen molar-refractivity contribution in [1.82, 2.24) is 14.8 Å². The van der Waals surface area contributed by atoms with Crippen LogP contribution in [0.15, 0.2) is 23.8 Å². The smallest absolute Gasteiger partial charge is 0.317 e. The lowest BCUT2D eigenvalue weighted by Gasteiger charge is -2.31. The number of carbonyl (C=O) groups excluding carboxylic acids is 3. The van der Waals surface area contributed by atoms with Gasteiger partial charge in [0.2, 0.25) is 0 Å². The van der Waals surface area contributed by atoms with E-state index in [2.05, 4.69) is 42.8 Å². The summed E-state index contributed by atoms with van der Waals surface area (Å²) in [5, 5.41) is 2.36. The Kier molecular flexibility index (Phi) is 5.33. The standard InChI is InChI=1S/C25H29N3O3/c1-14-10-15(2)22(16(3)11-14)27-17(4)12-19(18(27)5)13-21-23(29)26-25(31)28(24(21)30)20-8-6-7-9-20/h10-13,20H,6-9H2,1-5H3,(H,26,29,31)/b21-13+. The van der Waals surface area contributed by atoms with Crippen LogP contribution >= 0.6 is 0 Å². The van der Waals surface area contributed by atoms with E-state index in [1.54, 1.807) is 6.08 Å². The average molecular weight is 420 g/mol. The van der Waals surface area contributed by atoms with Crippen molar-refractivity contribution >= 4 is 23.9 Å². The summed E-state index contributed by atoms with van der Waals surface area (Å²) in [4.78, 5) is 39.3. The van der Waals surface area contributed by atoms with Gasteiger partial charge in [-0.1, -0.05) is 30.5 Å². The van der Waals surface area contributed by atoms with Crippen LogP contribution in [0.25, 0.3) is 11.8 Å². The first-order chi connectivity index (χ1) is 14.7. The number of rotatable bonds is 3. The van der Waals surface area contributed by atoms with Gasteiger partial charge in [-0.2, -0.15) is 0 Å². The third kappa shape index (κ3) is 3.60. The minimum atomic E-state index is -0.628. The quantitative estimate of drug-likeness (QED) is 0.591. The zero-order chi connectivity index (χ0) is 22.4. The molecule has 31 heavy (non-hydrogen) atoms. The summed E-state index contributed by atoms with van der Waals surface area (Å²) in [7, 11) is 0. The fourth-order valence-corrected chi connectivity index (χ4v) is 5.12. The molecule has 6 nitrogen and oxygen atoms in total. The molecule has 4 rings (SSSR count). The summed E-state index contributed by atoms with van der Waals surface area (Å²) < 4.78 is 2.17. The second kappa shape index (κ2) is 7.84. The molecule has 1 N–H and O–H groups in total. The lowest BCUT2D eigenvalue weighted by Crippen LogP contribution is -2.57. The molecular formula is C25H29N3O3. The van der Waals surface area contributed by atoms with Gasteiger partial charge in [0, 0.05) is 17.4 Å². The SMILES string of the molecule is Cc1cc(C)c(-n2c(C)cc(/C=C3\C(=O)NC(=O)N(C4CCCC4)C3=O)c2C)c(C)c1. The molecule has 2 aliphatic rings. The van der Waals surface area contributed by atoms with E-state index in [1.807, 2.05) is 19.9 Å². The van der Waals surface area contributed by atoms with E-state index in [-0.39, 0.29) is 11.6 Å². The number of nitrogens with zero attached hydrogens (tertiary/aromatic N) is 2. The van der Waals surface area contributed by atoms with E-state index in [1.165, 1.54) is 21.6 Å². The van der Waals surface area contributed by atoms with Gasteiger partial charge in [-0.3, -0.25) is 19.8 Å². The van der Waals surface area contributed by atoms with Gasteiger partial charge in [0.15, 0.2) is 0 Å². The second-order valence-electron chi connectivity index (χ2n) is 8.84. The maximum Gasteiger partial charge on any atom is 0.331 e. The Labute approximate surface area is 182 Å². The minimum Gasteiger partial charge on any atom is -0.317 e. The highest BCUT2D eigenvalue weighted by Gasteiger charge is 2.40. The first-order valence-corrected chi connectivity index (χ1v) is 10.9. The predicted molar refractivity (Wildman–Crippen MR) is 120 cm³/mol. The molecule has 2 fully saturated rings. The van der Waals surface area contributed by atoms with E-state index in [0.717, 1.165) is 48.3 Å². The van der Waals surface area contributed by atoms with E-state index in [4.69, 9.17) is 0 Å². The van der Waals surface area contributed by atoms with Crippen molar-refractivity contribution in [2.24, 2.45) is 0 Å². The topological polar surface area (TPSA) is 71.4 Å². The number of benzene rings is 1. The fourth-order valence-electron chi connectivity index (χ4n) is 5.12. The summed E-state index contributed by atoms with van der Waals surface area (Å²) in [6.07, 6.45) is 5.20. The highest BCUT2D eigenvalue weighted by molar-refractivity contribution is 6.31. The molecule has 1 aromatic heterocycles. The molecule has 2 heterocycles. The molecule has 2 aromatic rings. The molecule has 6 heteroatoms. The maximum atomic E-state index is 13.1. The van der Waals surface area contributed by atoms with Gasteiger partial charge < -0.3 is 4.57 Å². The van der Waals surface area contributed by atoms with Crippen molar-refractivity contribution < 1.29 is 14.4 Å². The van der Waals surface area contributed by atoms with Crippen molar-refractivity contribution in [3.05, 3.63) is 57.4 Å². The molecule has 4 amide bonds. The molecule has 0 spiro atoms. The monoisotopic (exact) mass is 419 g/mol. The summed E-state index contributed by atoms with van der Waals surface area (Å²) in [6, 6.07) is 5.56. The fraction of sp³-hybridized carbons (Fsp3) is 0.400. The van der Waals surface area contributed by atoms with Crippen LogP contribution < -0.4 is 5.32 Å². The van der Waals surface area contributed by atoms with Gasteiger partial charge in [-0.05, 0) is 76.3 Å². The number of hydrogen-bond acceptors (Lipinski definition) is 3. The number of urea groups is 1. The van der Waals surface area contributed by atoms with Crippen LogP contribution in [0.2, 0.25) is 0 Å². The number of aromatic nitrogens is 1. The van der Waals surface area contributed by atoms with Gasteiger partial charge in [-0.15, -0.1) is 0 Å². The molecule has 1 saturated carbocycles. The highest BCUT2D eigenvalue weighted by Crippen LogP contribution is 2.30. The lowest BCUT2D eigenvalue weighted by molar-refractivity contribution is -0.131. The van der Waals surface area contributed by atoms with Crippen LogP contribution in [0, 0.1) is 34.6 Å². The van der Waals surface area contributed by atoms with Crippen molar-refractivity contribution in [1.29, 1.82) is 0 Å². The van der Waals surface area contributed by atoms with Gasteiger partial charge in [-0.25, -0.2) is 4.79 Å². The van der Waals surface area contributed by atoms with Crippen LogP contribution in [-0.2, 0) is 9.59 Å². The van der Waals surface area contributed by atoms with E-state index < -0.39 is 17.8 Å². The minimum absolute atomic E-state index is 0.0177. The second-order valence-corrected chi connectivity index (χ2v) is 8.84. The Morgan fingerprint density at radius 1 is 0.935 bits per heavy atom. The van der Waals surface area contributed by atoms with Crippen LogP contribution in [0.4, 0.5) is 4.79 Å². The number of aryl methyl sites for hydroxylation is 4. The number of hydrogen-bond donors (Lipinski definition) is 1. The zero-order valence-electron chi connectivity index (χ0n) is 18.8. The number of amides is 4. The van der Waals surface area contributed by atoms with Crippen molar-refractivity contribution in [3.8, 4) is 5.69 Å². The Morgan fingerprint density at radius 2 is 1.55 bits per heavy atom. The molecule has 162 valence electrons. The molecule has 0 unspecified atom stereocenters. The Bertz CT molecular complexity index is 1110. The van der Waals surface area contributed by atoms with Crippen LogP contribution in [-0.4, -0.2) is 33.4 Å². The molecule has 1 aromatic carbocycles. The van der Waals surface area contributed by atoms with Gasteiger partial charge in [0.1, 0.15) is 5.57 Å². The predicted octanol–water partition coefficient (Wildman–Crippen LogP) is 4.42. The number of nitrogens with one attached hydrogen (secondary N) is 1. The van der Waals surface area contributed by atoms with Crippen LogP contribution in [0.1, 0.15) is 59.3 Å². The number of imide groups is 2. The first kappa shape index (κ1) is 21.1. The molecule has 0 atom stereocenters. The van der Waals surface area contributed by atoms with E-state index >= 15 is 0 Å². The van der Waals surface area contributed by atoms with Crippen LogP contribution in [0.3, 0.4) is 0 Å². The van der Waals surface area contributed by atoms with Crippen molar-refractivity contribution in [2.45, 2.75) is 66.3 Å². The van der Waals surface area contributed by atoms with Crippen LogP contribution in [0.5, 0.6) is 0 Å². The van der Waals surface area contributed by atoms with E-state index in [9.17, 15) is 14.4 Å². The maximum absolute atomic E-state index is 13.1. The third-order valence-corrected chi connectivity index (χ3v) is 6.45. The van der Waals surface area contributed by atoms with E-state index in [0.29, 0.717) is 0 Å². The largest absolute Gasteiger partial charge is 0.331 e.